The van der Waals surface area contributed by atoms with E-state index < -0.39 is 53.5 Å². The average Bonchev–Trinajstić information content (AvgIpc) is 3.11. The monoisotopic (exact) mass is 527 g/mol. The molecule has 0 aromatic heterocycles. The molecule has 5 atom stereocenters. The number of carbonyl (C=O) groups is 4. The van der Waals surface area contributed by atoms with Crippen LogP contribution >= 0.6 is 11.8 Å². The van der Waals surface area contributed by atoms with Gasteiger partial charge in [-0.2, -0.15) is 0 Å². The number of thioether (sulfide) groups is 1. The van der Waals surface area contributed by atoms with Gasteiger partial charge in [0, 0.05) is 13.8 Å². The zero-order valence-corrected chi connectivity index (χ0v) is 21.6. The molecule has 2 aliphatic rings. The van der Waals surface area contributed by atoms with Crippen molar-refractivity contribution < 1.29 is 38.1 Å². The summed E-state index contributed by atoms with van der Waals surface area (Å²) in [5.41, 5.74) is 0.703. The minimum absolute atomic E-state index is 0.0280. The molecule has 2 heterocycles. The van der Waals surface area contributed by atoms with Gasteiger partial charge in [0.05, 0.1) is 24.3 Å². The lowest BCUT2D eigenvalue weighted by atomic mass is 9.96. The first kappa shape index (κ1) is 26.8. The summed E-state index contributed by atoms with van der Waals surface area (Å²) in [5.74, 6) is -1.72. The summed E-state index contributed by atoms with van der Waals surface area (Å²) in [6, 6.07) is 15.0. The molecule has 2 aliphatic heterocycles. The number of imide groups is 1. The molecule has 37 heavy (non-hydrogen) atoms. The highest BCUT2D eigenvalue weighted by Crippen LogP contribution is 2.38. The summed E-state index contributed by atoms with van der Waals surface area (Å²) < 4.78 is 23.5. The van der Waals surface area contributed by atoms with Crippen molar-refractivity contribution in [1.29, 1.82) is 0 Å². The molecule has 0 N–H and O–H groups in total. The van der Waals surface area contributed by atoms with Crippen molar-refractivity contribution in [2.45, 2.75) is 57.2 Å². The van der Waals surface area contributed by atoms with E-state index >= 15 is 0 Å². The molecular formula is C27H29NO8S. The van der Waals surface area contributed by atoms with Gasteiger partial charge in [-0.1, -0.05) is 49.4 Å². The van der Waals surface area contributed by atoms with Crippen LogP contribution in [-0.4, -0.2) is 70.8 Å². The molecule has 0 spiro atoms. The number of esters is 2. The van der Waals surface area contributed by atoms with Crippen molar-refractivity contribution in [2.24, 2.45) is 0 Å². The molecule has 0 aliphatic carbocycles. The van der Waals surface area contributed by atoms with E-state index in [1.807, 2.05) is 37.3 Å². The van der Waals surface area contributed by atoms with E-state index in [2.05, 4.69) is 0 Å². The number of rotatable bonds is 9. The fourth-order valence-corrected chi connectivity index (χ4v) is 5.63. The predicted molar refractivity (Wildman–Crippen MR) is 135 cm³/mol. The largest absolute Gasteiger partial charge is 0.456 e. The van der Waals surface area contributed by atoms with Crippen molar-refractivity contribution >= 4 is 35.5 Å². The number of hydrogen-bond acceptors (Lipinski definition) is 9. The lowest BCUT2D eigenvalue weighted by molar-refractivity contribution is -0.217. The van der Waals surface area contributed by atoms with Crippen LogP contribution < -0.4 is 0 Å². The highest BCUT2D eigenvalue weighted by molar-refractivity contribution is 7.99. The number of fused-ring (bicyclic) bond motifs is 1. The Kier molecular flexibility index (Phi) is 8.63. The zero-order chi connectivity index (χ0) is 26.5. The van der Waals surface area contributed by atoms with Gasteiger partial charge in [0.1, 0.15) is 17.6 Å². The molecule has 2 aromatic rings. The molecule has 10 heteroatoms. The Hall–Kier alpha value is -3.21. The first-order valence-electron chi connectivity index (χ1n) is 12.0. The summed E-state index contributed by atoms with van der Waals surface area (Å²) >= 11 is 1.36. The van der Waals surface area contributed by atoms with Gasteiger partial charge in [0.2, 0.25) is 0 Å². The van der Waals surface area contributed by atoms with Gasteiger partial charge in [-0.3, -0.25) is 24.1 Å². The van der Waals surface area contributed by atoms with E-state index in [1.165, 1.54) is 25.6 Å². The molecule has 0 saturated carbocycles. The molecule has 9 nitrogen and oxygen atoms in total. The molecule has 1 fully saturated rings. The number of carbonyl (C=O) groups excluding carboxylic acids is 4. The molecule has 1 saturated heterocycles. The first-order valence-corrected chi connectivity index (χ1v) is 13.1. The van der Waals surface area contributed by atoms with E-state index in [1.54, 1.807) is 24.3 Å². The third-order valence-electron chi connectivity index (χ3n) is 6.07. The van der Waals surface area contributed by atoms with Gasteiger partial charge in [0.25, 0.3) is 11.8 Å². The van der Waals surface area contributed by atoms with E-state index in [4.69, 9.17) is 18.9 Å². The lowest BCUT2D eigenvalue weighted by Gasteiger charge is -2.47. The third kappa shape index (κ3) is 5.87. The van der Waals surface area contributed by atoms with Crippen LogP contribution in [0.2, 0.25) is 0 Å². The summed E-state index contributed by atoms with van der Waals surface area (Å²) in [6.45, 7) is 4.69. The van der Waals surface area contributed by atoms with Gasteiger partial charge < -0.3 is 18.9 Å². The fourth-order valence-electron chi connectivity index (χ4n) is 4.60. The Morgan fingerprint density at radius 3 is 2.03 bits per heavy atom. The molecule has 4 rings (SSSR count). The normalized spacial score (nSPS) is 25.1. The second-order valence-electron chi connectivity index (χ2n) is 8.66. The predicted octanol–water partition coefficient (Wildman–Crippen LogP) is 3.21. The van der Waals surface area contributed by atoms with Crippen molar-refractivity contribution in [3.05, 3.63) is 71.3 Å². The van der Waals surface area contributed by atoms with Crippen LogP contribution in [0.15, 0.2) is 54.6 Å². The molecule has 196 valence electrons. The number of nitrogens with zero attached hydrogens (tertiary/aromatic N) is 1. The van der Waals surface area contributed by atoms with Crippen LogP contribution in [0, 0.1) is 0 Å². The Morgan fingerprint density at radius 2 is 1.46 bits per heavy atom. The van der Waals surface area contributed by atoms with E-state index in [0.29, 0.717) is 12.4 Å². The summed E-state index contributed by atoms with van der Waals surface area (Å²) in [7, 11) is 0. The fraction of sp³-hybridized carbons (Fsp3) is 0.407. The van der Waals surface area contributed by atoms with Crippen molar-refractivity contribution in [1.82, 2.24) is 4.90 Å². The van der Waals surface area contributed by atoms with Crippen LogP contribution in [0.3, 0.4) is 0 Å². The Balaban J connectivity index is 1.67. The van der Waals surface area contributed by atoms with Gasteiger partial charge in [-0.25, -0.2) is 0 Å². The first-order chi connectivity index (χ1) is 17.8. The second-order valence-corrected chi connectivity index (χ2v) is 10.0. The Bertz CT molecular complexity index is 1120. The highest BCUT2D eigenvalue weighted by atomic mass is 32.2. The average molecular weight is 528 g/mol. The van der Waals surface area contributed by atoms with Crippen LogP contribution in [0.25, 0.3) is 0 Å². The Labute approximate surface area is 219 Å². The molecule has 2 aromatic carbocycles. The molecule has 0 bridgehead atoms. The number of hydrogen-bond donors (Lipinski definition) is 0. The van der Waals surface area contributed by atoms with Crippen molar-refractivity contribution in [3.63, 3.8) is 0 Å². The van der Waals surface area contributed by atoms with Crippen LogP contribution in [-0.2, 0) is 35.1 Å². The number of ether oxygens (including phenoxy) is 4. The van der Waals surface area contributed by atoms with E-state index in [0.717, 1.165) is 10.5 Å². The van der Waals surface area contributed by atoms with E-state index in [-0.39, 0.29) is 17.7 Å². The second kappa shape index (κ2) is 11.9. The minimum atomic E-state index is -1.16. The van der Waals surface area contributed by atoms with Gasteiger partial charge in [-0.15, -0.1) is 11.8 Å². The molecule has 2 amide bonds. The Morgan fingerprint density at radius 1 is 0.892 bits per heavy atom. The van der Waals surface area contributed by atoms with Crippen molar-refractivity contribution in [2.75, 3.05) is 12.4 Å². The summed E-state index contributed by atoms with van der Waals surface area (Å²) in [4.78, 5) is 52.2. The summed E-state index contributed by atoms with van der Waals surface area (Å²) in [5, 5.41) is 0. The van der Waals surface area contributed by atoms with Crippen LogP contribution in [0.1, 0.15) is 47.1 Å². The maximum absolute atomic E-state index is 13.4. The minimum Gasteiger partial charge on any atom is -0.456 e. The standard InChI is InChI=1S/C27H29NO8S/c1-4-37-27-22(28-25(31)19-12-8-9-13-20(19)26(28)32)24(35-17(3)30)23(34-16(2)29)21(36-27)15-33-14-18-10-6-5-7-11-18/h5-13,21-24,27H,4,14-15H2,1-3H3/t21?,22?,23-,24?,27-/m0/s1. The summed E-state index contributed by atoms with van der Waals surface area (Å²) in [6.07, 6.45) is -3.08. The SMILES string of the molecule is CCS[C@@H]1OC(COCc2ccccc2)[C@H](OC(C)=O)C(OC(C)=O)C1N1C(=O)c2ccccc2C1=O. The van der Waals surface area contributed by atoms with Crippen LogP contribution in [0.4, 0.5) is 0 Å². The van der Waals surface area contributed by atoms with Gasteiger partial charge >= 0.3 is 11.9 Å². The third-order valence-corrected chi connectivity index (χ3v) is 7.12. The van der Waals surface area contributed by atoms with Gasteiger partial charge in [-0.05, 0) is 23.4 Å². The quantitative estimate of drug-likeness (QED) is 0.359. The number of amides is 2. The smallest absolute Gasteiger partial charge is 0.303 e. The maximum Gasteiger partial charge on any atom is 0.303 e. The maximum atomic E-state index is 13.4. The van der Waals surface area contributed by atoms with Crippen LogP contribution in [0.5, 0.6) is 0 Å². The lowest BCUT2D eigenvalue weighted by Crippen LogP contribution is -2.66. The van der Waals surface area contributed by atoms with E-state index in [9.17, 15) is 19.2 Å². The molecule has 3 unspecified atom stereocenters. The topological polar surface area (TPSA) is 108 Å². The highest BCUT2D eigenvalue weighted by Gasteiger charge is 2.56. The van der Waals surface area contributed by atoms with Crippen molar-refractivity contribution in [3.8, 4) is 0 Å². The zero-order valence-electron chi connectivity index (χ0n) is 20.8. The number of benzene rings is 2. The molecule has 0 radical (unpaired) electrons. The van der Waals surface area contributed by atoms with Gasteiger partial charge in [0.15, 0.2) is 12.2 Å². The molecular weight excluding hydrogens is 498 g/mol.